The third-order valence-corrected chi connectivity index (χ3v) is 4.23. The lowest BCUT2D eigenvalue weighted by atomic mass is 10.1. The minimum absolute atomic E-state index is 0.0721. The summed E-state index contributed by atoms with van der Waals surface area (Å²) in [7, 11) is 0. The number of carbonyl (C=O) groups is 1. The quantitative estimate of drug-likeness (QED) is 0.896. The summed E-state index contributed by atoms with van der Waals surface area (Å²) < 4.78 is 6.82. The van der Waals surface area contributed by atoms with Crippen molar-refractivity contribution in [1.82, 2.24) is 15.2 Å². The predicted molar refractivity (Wildman–Crippen MR) is 90.9 cm³/mol. The van der Waals surface area contributed by atoms with Gasteiger partial charge in [-0.15, -0.1) is 0 Å². The van der Waals surface area contributed by atoms with E-state index in [1.54, 1.807) is 17.3 Å². The maximum Gasteiger partial charge on any atom is 0.317 e. The number of carbonyl (C=O) groups excluding carboxylic acids is 1. The van der Waals surface area contributed by atoms with E-state index in [2.05, 4.69) is 26.2 Å². The number of nitrogens with zero attached hydrogens (tertiary/aromatic N) is 2. The highest BCUT2D eigenvalue weighted by Crippen LogP contribution is 2.24. The van der Waals surface area contributed by atoms with Gasteiger partial charge in [0.2, 0.25) is 0 Å². The zero-order chi connectivity index (χ0) is 16.1. The Hall–Kier alpha value is -1.92. The van der Waals surface area contributed by atoms with Crippen LogP contribution in [0.25, 0.3) is 0 Å². The second kappa shape index (κ2) is 7.57. The molecule has 6 heteroatoms. The number of hydrogen-bond acceptors (Lipinski definition) is 3. The number of urea groups is 1. The van der Waals surface area contributed by atoms with Crippen molar-refractivity contribution in [3.05, 3.63) is 64.4 Å². The van der Waals surface area contributed by atoms with Crippen molar-refractivity contribution < 1.29 is 9.53 Å². The minimum Gasteiger partial charge on any atom is -0.370 e. The average Bonchev–Trinajstić information content (AvgIpc) is 2.61. The number of morpholine rings is 1. The van der Waals surface area contributed by atoms with Gasteiger partial charge in [0, 0.05) is 30.0 Å². The summed E-state index contributed by atoms with van der Waals surface area (Å²) >= 11 is 3.47. The van der Waals surface area contributed by atoms with Crippen LogP contribution in [0.3, 0.4) is 0 Å². The molecule has 3 rings (SSSR count). The summed E-state index contributed by atoms with van der Waals surface area (Å²) in [6.45, 7) is 2.17. The Morgan fingerprint density at radius 2 is 2.30 bits per heavy atom. The first kappa shape index (κ1) is 16.0. The van der Waals surface area contributed by atoms with E-state index < -0.39 is 0 Å². The fourth-order valence-corrected chi connectivity index (χ4v) is 2.95. The SMILES string of the molecule is O=C(NCc1cccnc1)N1CCO[C@H](c2cccc(Br)c2)C1. The standard InChI is InChI=1S/C17H18BrN3O2/c18-15-5-1-4-14(9-15)16-12-21(7-8-23-16)17(22)20-11-13-3-2-6-19-10-13/h1-6,9-10,16H,7-8,11-12H2,(H,20,22)/t16-/m0/s1. The highest BCUT2D eigenvalue weighted by molar-refractivity contribution is 9.10. The summed E-state index contributed by atoms with van der Waals surface area (Å²) in [6.07, 6.45) is 3.38. The number of amides is 2. The molecule has 5 nitrogen and oxygen atoms in total. The largest absolute Gasteiger partial charge is 0.370 e. The van der Waals surface area contributed by atoms with Crippen LogP contribution in [-0.2, 0) is 11.3 Å². The Morgan fingerprint density at radius 1 is 1.39 bits per heavy atom. The normalized spacial score (nSPS) is 17.8. The second-order valence-electron chi connectivity index (χ2n) is 5.38. The van der Waals surface area contributed by atoms with E-state index >= 15 is 0 Å². The third kappa shape index (κ3) is 4.30. The molecule has 1 saturated heterocycles. The second-order valence-corrected chi connectivity index (χ2v) is 6.30. The lowest BCUT2D eigenvalue weighted by molar-refractivity contribution is -0.0155. The van der Waals surface area contributed by atoms with Gasteiger partial charge < -0.3 is 15.0 Å². The van der Waals surface area contributed by atoms with Gasteiger partial charge in [0.05, 0.1) is 13.2 Å². The van der Waals surface area contributed by atoms with Crippen molar-refractivity contribution in [2.45, 2.75) is 12.6 Å². The predicted octanol–water partition coefficient (Wildman–Crippen LogP) is 3.13. The Bertz CT molecular complexity index is 666. The molecule has 2 aromatic rings. The molecule has 2 amide bonds. The molecule has 23 heavy (non-hydrogen) atoms. The molecular weight excluding hydrogens is 358 g/mol. The molecule has 0 radical (unpaired) electrons. The molecule has 1 aromatic carbocycles. The van der Waals surface area contributed by atoms with Crippen molar-refractivity contribution in [3.8, 4) is 0 Å². The maximum atomic E-state index is 12.3. The minimum atomic E-state index is -0.0922. The first-order chi connectivity index (χ1) is 11.2. The van der Waals surface area contributed by atoms with Crippen LogP contribution in [0.5, 0.6) is 0 Å². The zero-order valence-electron chi connectivity index (χ0n) is 12.6. The number of aromatic nitrogens is 1. The molecule has 0 bridgehead atoms. The fraction of sp³-hybridized carbons (Fsp3) is 0.294. The highest BCUT2D eigenvalue weighted by Gasteiger charge is 2.25. The maximum absolute atomic E-state index is 12.3. The number of nitrogens with one attached hydrogen (secondary N) is 1. The van der Waals surface area contributed by atoms with Crippen LogP contribution in [0.1, 0.15) is 17.2 Å². The van der Waals surface area contributed by atoms with Gasteiger partial charge >= 0.3 is 6.03 Å². The zero-order valence-corrected chi connectivity index (χ0v) is 14.2. The van der Waals surface area contributed by atoms with Gasteiger partial charge in [-0.3, -0.25) is 4.98 Å². The molecule has 1 aromatic heterocycles. The third-order valence-electron chi connectivity index (χ3n) is 3.74. The molecule has 0 spiro atoms. The molecule has 1 atom stereocenters. The summed E-state index contributed by atoms with van der Waals surface area (Å²) in [5, 5.41) is 2.93. The summed E-state index contributed by atoms with van der Waals surface area (Å²) in [5.74, 6) is 0. The van der Waals surface area contributed by atoms with E-state index in [1.807, 2.05) is 36.4 Å². The molecule has 120 valence electrons. The summed E-state index contributed by atoms with van der Waals surface area (Å²) in [6, 6.07) is 11.7. The Kier molecular flexibility index (Phi) is 5.25. The summed E-state index contributed by atoms with van der Waals surface area (Å²) in [4.78, 5) is 18.2. The molecule has 1 aliphatic rings. The number of benzene rings is 1. The van der Waals surface area contributed by atoms with Crippen LogP contribution < -0.4 is 5.32 Å². The summed E-state index contributed by atoms with van der Waals surface area (Å²) in [5.41, 5.74) is 2.06. The topological polar surface area (TPSA) is 54.5 Å². The lowest BCUT2D eigenvalue weighted by Crippen LogP contribution is -2.46. The number of pyridine rings is 1. The molecule has 2 heterocycles. The first-order valence-electron chi connectivity index (χ1n) is 7.51. The van der Waals surface area contributed by atoms with Crippen molar-refractivity contribution in [2.24, 2.45) is 0 Å². The van der Waals surface area contributed by atoms with Crippen LogP contribution in [-0.4, -0.2) is 35.6 Å². The Balaban J connectivity index is 1.58. The fourth-order valence-electron chi connectivity index (χ4n) is 2.53. The first-order valence-corrected chi connectivity index (χ1v) is 8.30. The Morgan fingerprint density at radius 3 is 3.09 bits per heavy atom. The average molecular weight is 376 g/mol. The molecule has 0 aliphatic carbocycles. The van der Waals surface area contributed by atoms with E-state index in [9.17, 15) is 4.79 Å². The van der Waals surface area contributed by atoms with Crippen LogP contribution >= 0.6 is 15.9 Å². The van der Waals surface area contributed by atoms with Crippen molar-refractivity contribution in [2.75, 3.05) is 19.7 Å². The van der Waals surface area contributed by atoms with Gasteiger partial charge in [-0.2, -0.15) is 0 Å². The number of halogens is 1. The molecule has 1 aliphatic heterocycles. The van der Waals surface area contributed by atoms with E-state index in [0.29, 0.717) is 26.2 Å². The van der Waals surface area contributed by atoms with Gasteiger partial charge in [0.15, 0.2) is 0 Å². The number of ether oxygens (including phenoxy) is 1. The molecule has 0 unspecified atom stereocenters. The van der Waals surface area contributed by atoms with Crippen molar-refractivity contribution >= 4 is 22.0 Å². The van der Waals surface area contributed by atoms with Crippen molar-refractivity contribution in [3.63, 3.8) is 0 Å². The van der Waals surface area contributed by atoms with Crippen LogP contribution in [0.4, 0.5) is 4.79 Å². The molecular formula is C17H18BrN3O2. The van der Waals surface area contributed by atoms with Gasteiger partial charge in [0.25, 0.3) is 0 Å². The van der Waals surface area contributed by atoms with E-state index in [1.165, 1.54) is 0 Å². The van der Waals surface area contributed by atoms with Gasteiger partial charge in [-0.1, -0.05) is 34.1 Å². The van der Waals surface area contributed by atoms with Gasteiger partial charge in [-0.05, 0) is 29.3 Å². The van der Waals surface area contributed by atoms with Crippen LogP contribution in [0, 0.1) is 0 Å². The molecule has 1 N–H and O–H groups in total. The molecule has 1 fully saturated rings. The van der Waals surface area contributed by atoms with Crippen molar-refractivity contribution in [1.29, 1.82) is 0 Å². The smallest absolute Gasteiger partial charge is 0.317 e. The monoisotopic (exact) mass is 375 g/mol. The highest BCUT2D eigenvalue weighted by atomic mass is 79.9. The Labute approximate surface area is 143 Å². The van der Waals surface area contributed by atoms with E-state index in [0.717, 1.165) is 15.6 Å². The lowest BCUT2D eigenvalue weighted by Gasteiger charge is -2.33. The number of rotatable bonds is 3. The van der Waals surface area contributed by atoms with Crippen LogP contribution in [0.15, 0.2) is 53.3 Å². The van der Waals surface area contributed by atoms with E-state index in [-0.39, 0.29) is 12.1 Å². The van der Waals surface area contributed by atoms with E-state index in [4.69, 9.17) is 4.74 Å². The number of hydrogen-bond donors (Lipinski definition) is 1. The van der Waals surface area contributed by atoms with Gasteiger partial charge in [0.1, 0.15) is 6.10 Å². The van der Waals surface area contributed by atoms with Crippen LogP contribution in [0.2, 0.25) is 0 Å². The van der Waals surface area contributed by atoms with Gasteiger partial charge in [-0.25, -0.2) is 4.79 Å². The molecule has 0 saturated carbocycles.